The molecule has 0 aliphatic carbocycles. The van der Waals surface area contributed by atoms with Gasteiger partial charge in [0.05, 0.1) is 23.8 Å². The predicted molar refractivity (Wildman–Crippen MR) is 112 cm³/mol. The fourth-order valence-electron chi connectivity index (χ4n) is 3.65. The van der Waals surface area contributed by atoms with Crippen molar-refractivity contribution in [1.82, 2.24) is 29.4 Å². The molecule has 1 amide bonds. The Balaban J connectivity index is 1.48. The highest BCUT2D eigenvalue weighted by Gasteiger charge is 2.14. The summed E-state index contributed by atoms with van der Waals surface area (Å²) < 4.78 is 3.71. The van der Waals surface area contributed by atoms with E-state index in [4.69, 9.17) is 0 Å². The van der Waals surface area contributed by atoms with E-state index < -0.39 is 0 Å². The van der Waals surface area contributed by atoms with Gasteiger partial charge in [0.25, 0.3) is 0 Å². The molecule has 4 aromatic rings. The Kier molecular flexibility index (Phi) is 4.77. The second-order valence-electron chi connectivity index (χ2n) is 7.68. The minimum Gasteiger partial charge on any atom is -0.325 e. The molecule has 8 nitrogen and oxygen atoms in total. The third-order valence-electron chi connectivity index (χ3n) is 5.09. The van der Waals surface area contributed by atoms with Crippen LogP contribution in [0.4, 0.5) is 5.69 Å². The molecule has 4 aromatic heterocycles. The van der Waals surface area contributed by atoms with Gasteiger partial charge in [-0.3, -0.25) is 4.79 Å². The van der Waals surface area contributed by atoms with Gasteiger partial charge in [-0.05, 0) is 52.7 Å². The number of hydrogen-bond acceptors (Lipinski definition) is 5. The highest BCUT2D eigenvalue weighted by molar-refractivity contribution is 5.92. The average molecular weight is 391 g/mol. The van der Waals surface area contributed by atoms with Crippen molar-refractivity contribution in [1.29, 1.82) is 0 Å². The number of anilines is 1. The lowest BCUT2D eigenvalue weighted by Crippen LogP contribution is -2.14. The molecule has 4 rings (SSSR count). The summed E-state index contributed by atoms with van der Waals surface area (Å²) in [6, 6.07) is 4.10. The summed E-state index contributed by atoms with van der Waals surface area (Å²) in [7, 11) is 0. The predicted octanol–water partition coefficient (Wildman–Crippen LogP) is 3.55. The average Bonchev–Trinajstić information content (AvgIpc) is 3.24. The first kappa shape index (κ1) is 19.0. The van der Waals surface area contributed by atoms with Crippen LogP contribution in [0.3, 0.4) is 0 Å². The van der Waals surface area contributed by atoms with Gasteiger partial charge >= 0.3 is 0 Å². The molecule has 0 saturated carbocycles. The van der Waals surface area contributed by atoms with E-state index in [1.807, 2.05) is 42.1 Å². The summed E-state index contributed by atoms with van der Waals surface area (Å²) in [5.41, 5.74) is 6.28. The molecular weight excluding hydrogens is 366 g/mol. The third-order valence-corrected chi connectivity index (χ3v) is 5.09. The standard InChI is InChI=1S/C21H25N7O/c1-12(2)27-21-16(10-23-27)9-17(11-22-21)25-20(29)7-6-18-14(4)24-19-8-13(3)26-28(19)15(18)5/h8-12H,6-7H2,1-5H3,(H,25,29). The fraction of sp³-hybridized carbons (Fsp3) is 0.381. The topological polar surface area (TPSA) is 90.0 Å². The van der Waals surface area contributed by atoms with Gasteiger partial charge in [-0.1, -0.05) is 0 Å². The number of pyridine rings is 1. The maximum absolute atomic E-state index is 12.5. The number of rotatable bonds is 5. The van der Waals surface area contributed by atoms with Gasteiger partial charge in [-0.15, -0.1) is 0 Å². The molecule has 0 spiro atoms. The Morgan fingerprint density at radius 2 is 1.97 bits per heavy atom. The van der Waals surface area contributed by atoms with E-state index in [1.54, 1.807) is 12.4 Å². The zero-order chi connectivity index (χ0) is 20.7. The molecule has 29 heavy (non-hydrogen) atoms. The van der Waals surface area contributed by atoms with Crippen LogP contribution in [-0.2, 0) is 11.2 Å². The van der Waals surface area contributed by atoms with Crippen LogP contribution in [0.25, 0.3) is 16.7 Å². The molecule has 1 N–H and O–H groups in total. The Morgan fingerprint density at radius 3 is 2.72 bits per heavy atom. The number of fused-ring (bicyclic) bond motifs is 2. The number of aryl methyl sites for hydroxylation is 3. The van der Waals surface area contributed by atoms with Crippen LogP contribution in [0, 0.1) is 20.8 Å². The van der Waals surface area contributed by atoms with Crippen molar-refractivity contribution in [3.63, 3.8) is 0 Å². The number of nitrogens with zero attached hydrogens (tertiary/aromatic N) is 6. The number of aromatic nitrogens is 6. The van der Waals surface area contributed by atoms with Crippen LogP contribution in [0.5, 0.6) is 0 Å². The van der Waals surface area contributed by atoms with Gasteiger partial charge in [0.15, 0.2) is 11.3 Å². The Hall–Kier alpha value is -3.29. The first-order chi connectivity index (χ1) is 13.8. The Morgan fingerprint density at radius 1 is 1.17 bits per heavy atom. The SMILES string of the molecule is Cc1cc2nc(C)c(CCC(=O)Nc3cnc4c(cnn4C(C)C)c3)c(C)n2n1. The molecule has 0 aliphatic rings. The largest absolute Gasteiger partial charge is 0.325 e. The zero-order valence-electron chi connectivity index (χ0n) is 17.4. The molecule has 0 aliphatic heterocycles. The van der Waals surface area contributed by atoms with Crippen molar-refractivity contribution in [3.8, 4) is 0 Å². The summed E-state index contributed by atoms with van der Waals surface area (Å²) in [6.45, 7) is 10.1. The molecule has 0 saturated heterocycles. The van der Waals surface area contributed by atoms with Crippen LogP contribution >= 0.6 is 0 Å². The Bertz CT molecular complexity index is 1220. The van der Waals surface area contributed by atoms with Gasteiger partial charge in [-0.2, -0.15) is 10.2 Å². The minimum absolute atomic E-state index is 0.0575. The van der Waals surface area contributed by atoms with Crippen LogP contribution in [0.2, 0.25) is 0 Å². The minimum atomic E-state index is -0.0575. The van der Waals surface area contributed by atoms with Crippen LogP contribution in [0.15, 0.2) is 24.5 Å². The number of amides is 1. The number of nitrogens with one attached hydrogen (secondary N) is 1. The number of hydrogen-bond donors (Lipinski definition) is 1. The van der Waals surface area contributed by atoms with E-state index in [0.29, 0.717) is 18.5 Å². The van der Waals surface area contributed by atoms with Gasteiger partial charge in [0.2, 0.25) is 5.91 Å². The first-order valence-corrected chi connectivity index (χ1v) is 9.79. The lowest BCUT2D eigenvalue weighted by molar-refractivity contribution is -0.116. The third kappa shape index (κ3) is 3.57. The maximum Gasteiger partial charge on any atom is 0.224 e. The Labute approximate surface area is 169 Å². The molecule has 4 heterocycles. The van der Waals surface area contributed by atoms with Crippen LogP contribution in [-0.4, -0.2) is 35.3 Å². The maximum atomic E-state index is 12.5. The molecule has 0 bridgehead atoms. The van der Waals surface area contributed by atoms with E-state index in [1.165, 1.54) is 0 Å². The molecule has 0 atom stereocenters. The molecule has 0 fully saturated rings. The summed E-state index contributed by atoms with van der Waals surface area (Å²) >= 11 is 0. The quantitative estimate of drug-likeness (QED) is 0.562. The van der Waals surface area contributed by atoms with E-state index in [-0.39, 0.29) is 11.9 Å². The number of carbonyl (C=O) groups is 1. The van der Waals surface area contributed by atoms with Crippen molar-refractivity contribution in [3.05, 3.63) is 47.2 Å². The summed E-state index contributed by atoms with van der Waals surface area (Å²) in [5, 5.41) is 12.7. The van der Waals surface area contributed by atoms with Crippen molar-refractivity contribution in [2.24, 2.45) is 0 Å². The van der Waals surface area contributed by atoms with Gasteiger partial charge < -0.3 is 5.32 Å². The van der Waals surface area contributed by atoms with Crippen LogP contribution < -0.4 is 5.32 Å². The van der Waals surface area contributed by atoms with Crippen molar-refractivity contribution < 1.29 is 4.79 Å². The van der Waals surface area contributed by atoms with E-state index >= 15 is 0 Å². The van der Waals surface area contributed by atoms with E-state index in [9.17, 15) is 4.79 Å². The van der Waals surface area contributed by atoms with Gasteiger partial charge in [0.1, 0.15) is 0 Å². The molecule has 0 unspecified atom stereocenters. The van der Waals surface area contributed by atoms with Crippen molar-refractivity contribution in [2.45, 2.75) is 53.5 Å². The van der Waals surface area contributed by atoms with E-state index in [2.05, 4.69) is 39.3 Å². The van der Waals surface area contributed by atoms with Crippen molar-refractivity contribution in [2.75, 3.05) is 5.32 Å². The zero-order valence-corrected chi connectivity index (χ0v) is 17.4. The highest BCUT2D eigenvalue weighted by Crippen LogP contribution is 2.20. The van der Waals surface area contributed by atoms with Crippen LogP contribution in [0.1, 0.15) is 49.0 Å². The lowest BCUT2D eigenvalue weighted by atomic mass is 10.1. The first-order valence-electron chi connectivity index (χ1n) is 9.79. The smallest absolute Gasteiger partial charge is 0.224 e. The lowest BCUT2D eigenvalue weighted by Gasteiger charge is -2.11. The summed E-state index contributed by atoms with van der Waals surface area (Å²) in [6.07, 6.45) is 4.42. The van der Waals surface area contributed by atoms with Crippen molar-refractivity contribution >= 4 is 28.3 Å². The van der Waals surface area contributed by atoms with Gasteiger partial charge in [0, 0.05) is 35.3 Å². The molecular formula is C21H25N7O. The molecule has 150 valence electrons. The molecule has 0 aromatic carbocycles. The van der Waals surface area contributed by atoms with E-state index in [0.717, 1.165) is 39.3 Å². The number of carbonyl (C=O) groups excluding carboxylic acids is 1. The normalized spacial score (nSPS) is 11.7. The van der Waals surface area contributed by atoms with Gasteiger partial charge in [-0.25, -0.2) is 19.2 Å². The fourth-order valence-corrected chi connectivity index (χ4v) is 3.65. The summed E-state index contributed by atoms with van der Waals surface area (Å²) in [4.78, 5) is 21.6. The second kappa shape index (κ2) is 7.27. The second-order valence-corrected chi connectivity index (χ2v) is 7.68. The molecule has 0 radical (unpaired) electrons. The highest BCUT2D eigenvalue weighted by atomic mass is 16.1. The summed E-state index contributed by atoms with van der Waals surface area (Å²) in [5.74, 6) is -0.0575. The monoisotopic (exact) mass is 391 g/mol. The molecule has 8 heteroatoms.